The highest BCUT2D eigenvalue weighted by atomic mass is 28.2. The topological polar surface area (TPSA) is 18.5 Å². The summed E-state index contributed by atoms with van der Waals surface area (Å²) in [6.45, 7) is 6.23. The summed E-state index contributed by atoms with van der Waals surface area (Å²) in [6, 6.07) is 27.1. The molecule has 0 aliphatic rings. The van der Waals surface area contributed by atoms with Gasteiger partial charge < -0.3 is 9.47 Å². The molecule has 55 heavy (non-hydrogen) atoms. The van der Waals surface area contributed by atoms with E-state index in [0.29, 0.717) is 0 Å². The smallest absolute Gasteiger partial charge is 0.119 e. The van der Waals surface area contributed by atoms with E-state index < -0.39 is 9.52 Å². The molecule has 0 N–H and O–H groups in total. The molecule has 4 rings (SSSR count). The molecule has 4 aromatic rings. The van der Waals surface area contributed by atoms with E-state index in [1.54, 1.807) is 0 Å². The summed E-state index contributed by atoms with van der Waals surface area (Å²) < 4.78 is 12.5. The SMILES string of the molecule is CCCCCCCCCCCCCCCCOc1ccc2c([SiH2]c3cccc4cc(OCCCCCCCCCCCCCCCC)ccc34)cccc2c1. The van der Waals surface area contributed by atoms with E-state index in [0.717, 1.165) is 37.6 Å². The van der Waals surface area contributed by atoms with Crippen LogP contribution in [0, 0.1) is 0 Å². The number of rotatable bonds is 34. The van der Waals surface area contributed by atoms with Crippen molar-refractivity contribution in [2.75, 3.05) is 13.2 Å². The molecule has 0 radical (unpaired) electrons. The van der Waals surface area contributed by atoms with Crippen LogP contribution in [0.1, 0.15) is 194 Å². The van der Waals surface area contributed by atoms with Crippen molar-refractivity contribution in [3.8, 4) is 11.5 Å². The van der Waals surface area contributed by atoms with Crippen molar-refractivity contribution in [3.63, 3.8) is 0 Å². The number of unbranched alkanes of at least 4 members (excludes halogenated alkanes) is 26. The maximum Gasteiger partial charge on any atom is 0.119 e. The normalized spacial score (nSPS) is 11.5. The highest BCUT2D eigenvalue weighted by Crippen LogP contribution is 2.23. The predicted molar refractivity (Wildman–Crippen MR) is 247 cm³/mol. The zero-order valence-electron chi connectivity index (χ0n) is 35.7. The van der Waals surface area contributed by atoms with E-state index in [-0.39, 0.29) is 0 Å². The lowest BCUT2D eigenvalue weighted by atomic mass is 10.0. The molecule has 0 atom stereocenters. The van der Waals surface area contributed by atoms with Gasteiger partial charge in [-0.1, -0.05) is 240 Å². The lowest BCUT2D eigenvalue weighted by Gasteiger charge is -2.12. The van der Waals surface area contributed by atoms with Crippen LogP contribution in [0.25, 0.3) is 21.5 Å². The number of fused-ring (bicyclic) bond motifs is 2. The number of hydrogen-bond donors (Lipinski definition) is 0. The van der Waals surface area contributed by atoms with Gasteiger partial charge in [-0.15, -0.1) is 0 Å². The molecule has 304 valence electrons. The molecule has 0 bridgehead atoms. The highest BCUT2D eigenvalue weighted by Gasteiger charge is 2.09. The molecule has 4 aromatic carbocycles. The van der Waals surface area contributed by atoms with Gasteiger partial charge in [0.15, 0.2) is 0 Å². The molecule has 0 aromatic heterocycles. The first-order chi connectivity index (χ1) is 27.3. The molecule has 2 nitrogen and oxygen atoms in total. The summed E-state index contributed by atoms with van der Waals surface area (Å²) in [5.74, 6) is 2.01. The number of benzene rings is 4. The largest absolute Gasteiger partial charge is 0.494 e. The number of ether oxygens (including phenoxy) is 2. The van der Waals surface area contributed by atoms with Crippen LogP contribution in [-0.2, 0) is 0 Å². The minimum Gasteiger partial charge on any atom is -0.494 e. The van der Waals surface area contributed by atoms with Crippen LogP contribution in [0.2, 0.25) is 0 Å². The Morgan fingerprint density at radius 3 is 0.982 bits per heavy atom. The zero-order chi connectivity index (χ0) is 38.4. The van der Waals surface area contributed by atoms with Crippen molar-refractivity contribution in [2.45, 2.75) is 194 Å². The van der Waals surface area contributed by atoms with Gasteiger partial charge in [0, 0.05) is 0 Å². The fourth-order valence-electron chi connectivity index (χ4n) is 8.32. The molecule has 3 heteroatoms. The van der Waals surface area contributed by atoms with E-state index in [1.807, 2.05) is 0 Å². The fraction of sp³-hybridized carbons (Fsp3) is 0.615. The van der Waals surface area contributed by atoms with Gasteiger partial charge in [0.2, 0.25) is 0 Å². The standard InChI is InChI=1S/C52H80O2Si/c1-3-5-7-9-11-13-15-17-19-21-23-25-27-29-41-53-47-37-39-49-45(43-47)33-31-35-51(49)55-52-36-32-34-46-44-48(38-40-50(46)52)54-42-30-28-26-24-22-20-18-16-14-12-10-8-6-4-2/h31-40,43-44H,3-30,41-42,55H2,1-2H3. The number of hydrogen-bond acceptors (Lipinski definition) is 2. The predicted octanol–water partition coefficient (Wildman–Crippen LogP) is 14.8. The van der Waals surface area contributed by atoms with Crippen molar-refractivity contribution in [3.05, 3.63) is 72.8 Å². The average Bonchev–Trinajstić information content (AvgIpc) is 3.21. The molecule has 0 fully saturated rings. The van der Waals surface area contributed by atoms with Gasteiger partial charge in [-0.3, -0.25) is 0 Å². The van der Waals surface area contributed by atoms with Crippen molar-refractivity contribution in [2.24, 2.45) is 0 Å². The Balaban J connectivity index is 1.09. The summed E-state index contributed by atoms with van der Waals surface area (Å²) in [4.78, 5) is 0. The van der Waals surface area contributed by atoms with Crippen LogP contribution in [0.4, 0.5) is 0 Å². The molecular formula is C52H80O2Si. The van der Waals surface area contributed by atoms with Gasteiger partial charge in [-0.25, -0.2) is 0 Å². The van der Waals surface area contributed by atoms with E-state index in [4.69, 9.17) is 9.47 Å². The Hall–Kier alpha value is -2.78. The van der Waals surface area contributed by atoms with E-state index in [2.05, 4.69) is 86.6 Å². The monoisotopic (exact) mass is 765 g/mol. The second kappa shape index (κ2) is 29.5. The van der Waals surface area contributed by atoms with Gasteiger partial charge in [-0.2, -0.15) is 0 Å². The van der Waals surface area contributed by atoms with Crippen molar-refractivity contribution in [1.29, 1.82) is 0 Å². The fourth-order valence-corrected chi connectivity index (χ4v) is 10.3. The Bertz CT molecular complexity index is 1430. The van der Waals surface area contributed by atoms with Crippen LogP contribution in [-0.4, -0.2) is 22.7 Å². The first kappa shape index (κ1) is 44.9. The molecule has 0 saturated heterocycles. The lowest BCUT2D eigenvalue weighted by molar-refractivity contribution is 0.304. The van der Waals surface area contributed by atoms with E-state index in [9.17, 15) is 0 Å². The third-order valence-electron chi connectivity index (χ3n) is 11.8. The van der Waals surface area contributed by atoms with Crippen LogP contribution in [0.5, 0.6) is 11.5 Å². The van der Waals surface area contributed by atoms with Crippen molar-refractivity contribution in [1.82, 2.24) is 0 Å². The Morgan fingerprint density at radius 1 is 0.345 bits per heavy atom. The molecule has 0 aliphatic heterocycles. The van der Waals surface area contributed by atoms with Gasteiger partial charge in [-0.05, 0) is 58.7 Å². The second-order valence-corrected chi connectivity index (χ2v) is 18.5. The minimum absolute atomic E-state index is 0.666. The molecule has 0 heterocycles. The highest BCUT2D eigenvalue weighted by molar-refractivity contribution is 6.72. The third-order valence-corrected chi connectivity index (χ3v) is 13.8. The summed E-state index contributed by atoms with van der Waals surface area (Å²) in [5, 5.41) is 8.35. The first-order valence-corrected chi connectivity index (χ1v) is 25.0. The summed E-state index contributed by atoms with van der Waals surface area (Å²) in [7, 11) is -0.666. The Kier molecular flexibility index (Phi) is 24.1. The van der Waals surface area contributed by atoms with Crippen LogP contribution in [0.15, 0.2) is 72.8 Å². The van der Waals surface area contributed by atoms with Crippen molar-refractivity contribution < 1.29 is 9.47 Å². The second-order valence-electron chi connectivity index (χ2n) is 16.7. The summed E-state index contributed by atoms with van der Waals surface area (Å²) in [6.07, 6.45) is 38.8. The maximum absolute atomic E-state index is 6.23. The molecule has 0 unspecified atom stereocenters. The maximum atomic E-state index is 6.23. The average molecular weight is 765 g/mol. The minimum atomic E-state index is -0.666. The summed E-state index contributed by atoms with van der Waals surface area (Å²) >= 11 is 0. The van der Waals surface area contributed by atoms with Gasteiger partial charge in [0.05, 0.1) is 22.7 Å². The quantitative estimate of drug-likeness (QED) is 0.0348. The Labute approximate surface area is 340 Å². The lowest BCUT2D eigenvalue weighted by Crippen LogP contribution is -2.28. The Morgan fingerprint density at radius 2 is 0.655 bits per heavy atom. The van der Waals surface area contributed by atoms with Gasteiger partial charge in [0.1, 0.15) is 11.5 Å². The molecule has 0 spiro atoms. The van der Waals surface area contributed by atoms with E-state index >= 15 is 0 Å². The third kappa shape index (κ3) is 18.8. The van der Waals surface area contributed by atoms with Gasteiger partial charge in [0.25, 0.3) is 0 Å². The molecule has 0 aliphatic carbocycles. The molecule has 0 saturated carbocycles. The first-order valence-electron chi connectivity index (χ1n) is 23.6. The van der Waals surface area contributed by atoms with Gasteiger partial charge >= 0.3 is 0 Å². The van der Waals surface area contributed by atoms with Crippen LogP contribution in [0.3, 0.4) is 0 Å². The summed E-state index contributed by atoms with van der Waals surface area (Å²) in [5.41, 5.74) is 0. The molecular weight excluding hydrogens is 685 g/mol. The molecule has 0 amide bonds. The zero-order valence-corrected chi connectivity index (χ0v) is 37.1. The van der Waals surface area contributed by atoms with Crippen molar-refractivity contribution >= 4 is 41.4 Å². The van der Waals surface area contributed by atoms with E-state index in [1.165, 1.54) is 199 Å². The van der Waals surface area contributed by atoms with Crippen LogP contribution >= 0.6 is 0 Å². The van der Waals surface area contributed by atoms with Crippen LogP contribution < -0.4 is 19.8 Å².